The van der Waals surface area contributed by atoms with Crippen LogP contribution in [0.15, 0.2) is 12.3 Å². The van der Waals surface area contributed by atoms with E-state index in [1.807, 2.05) is 17.9 Å². The lowest BCUT2D eigenvalue weighted by molar-refractivity contribution is -0.157. The summed E-state index contributed by atoms with van der Waals surface area (Å²) in [6.45, 7) is 9.07. The molecule has 6 nitrogen and oxygen atoms in total. The first-order valence-corrected chi connectivity index (χ1v) is 7.66. The Morgan fingerprint density at radius 1 is 1.45 bits per heavy atom. The lowest BCUT2D eigenvalue weighted by Crippen LogP contribution is -2.72. The van der Waals surface area contributed by atoms with Gasteiger partial charge >= 0.3 is 0 Å². The van der Waals surface area contributed by atoms with Crippen LogP contribution in [-0.2, 0) is 11.3 Å². The summed E-state index contributed by atoms with van der Waals surface area (Å²) < 4.78 is 0. The lowest BCUT2D eigenvalue weighted by Gasteiger charge is -2.60. The molecule has 1 amide bonds. The highest BCUT2D eigenvalue weighted by Gasteiger charge is 2.52. The van der Waals surface area contributed by atoms with Crippen LogP contribution in [0.3, 0.4) is 0 Å². The second-order valence-electron chi connectivity index (χ2n) is 6.39. The molecule has 0 aliphatic carbocycles. The molecule has 1 N–H and O–H groups in total. The molecule has 2 saturated heterocycles. The van der Waals surface area contributed by atoms with Crippen molar-refractivity contribution < 1.29 is 4.79 Å². The summed E-state index contributed by atoms with van der Waals surface area (Å²) in [4.78, 5) is 19.9. The van der Waals surface area contributed by atoms with Crippen molar-refractivity contribution >= 4 is 11.7 Å². The molecule has 1 aromatic rings. The molecule has 0 atom stereocenters. The number of nitrogens with one attached hydrogen (secondary N) is 1. The molecular weight excluding hydrogens is 278 g/mol. The fraction of sp³-hybridized carbons (Fsp3) is 0.562. The Morgan fingerprint density at radius 2 is 2.18 bits per heavy atom. The summed E-state index contributed by atoms with van der Waals surface area (Å²) in [6.07, 6.45) is 1.61. The van der Waals surface area contributed by atoms with E-state index in [1.165, 1.54) is 0 Å². The van der Waals surface area contributed by atoms with Crippen molar-refractivity contribution in [2.75, 3.05) is 38.0 Å². The Balaban J connectivity index is 1.61. The third kappa shape index (κ3) is 2.64. The van der Waals surface area contributed by atoms with E-state index in [2.05, 4.69) is 21.3 Å². The topological polar surface area (TPSA) is 72.3 Å². The summed E-state index contributed by atoms with van der Waals surface area (Å²) in [6, 6.07) is 4.07. The number of hydrogen-bond acceptors (Lipinski definition) is 5. The molecule has 0 aromatic carbocycles. The van der Waals surface area contributed by atoms with Crippen molar-refractivity contribution in [3.63, 3.8) is 0 Å². The average molecular weight is 299 g/mol. The van der Waals surface area contributed by atoms with Gasteiger partial charge in [-0.1, -0.05) is 0 Å². The zero-order valence-electron chi connectivity index (χ0n) is 13.1. The predicted octanol–water partition coefficient (Wildman–Crippen LogP) is 1.05. The Hall–Kier alpha value is -2.13. The fourth-order valence-corrected chi connectivity index (χ4v) is 3.46. The van der Waals surface area contributed by atoms with Gasteiger partial charge < -0.3 is 10.2 Å². The number of carbonyl (C=O) groups excluding carboxylic acids is 1. The van der Waals surface area contributed by atoms with Gasteiger partial charge in [-0.2, -0.15) is 5.26 Å². The molecule has 0 unspecified atom stereocenters. The molecule has 1 aromatic heterocycles. The van der Waals surface area contributed by atoms with E-state index in [-0.39, 0.29) is 5.91 Å². The molecule has 1 spiro atoms. The van der Waals surface area contributed by atoms with Crippen molar-refractivity contribution in [1.29, 1.82) is 5.26 Å². The smallest absolute Gasteiger partial charge is 0.219 e. The van der Waals surface area contributed by atoms with Crippen LogP contribution in [0.2, 0.25) is 0 Å². The number of amides is 1. The molecule has 0 radical (unpaired) electrons. The van der Waals surface area contributed by atoms with Crippen LogP contribution in [0.1, 0.15) is 25.0 Å². The highest BCUT2D eigenvalue weighted by atomic mass is 16.2. The summed E-state index contributed by atoms with van der Waals surface area (Å²) in [5.41, 5.74) is 1.97. The van der Waals surface area contributed by atoms with E-state index >= 15 is 0 Å². The average Bonchev–Trinajstić information content (AvgIpc) is 2.41. The van der Waals surface area contributed by atoms with E-state index in [1.54, 1.807) is 13.1 Å². The summed E-state index contributed by atoms with van der Waals surface area (Å²) in [5, 5.41) is 12.3. The van der Waals surface area contributed by atoms with Crippen LogP contribution in [0, 0.1) is 16.7 Å². The monoisotopic (exact) mass is 299 g/mol. The number of likely N-dealkylation sites (tertiary alicyclic amines) is 2. The number of nitrogens with zero attached hydrogens (tertiary/aromatic N) is 4. The number of pyridine rings is 1. The summed E-state index contributed by atoms with van der Waals surface area (Å²) >= 11 is 0. The molecule has 3 heterocycles. The zero-order valence-corrected chi connectivity index (χ0v) is 13.1. The van der Waals surface area contributed by atoms with Gasteiger partial charge in [0.25, 0.3) is 0 Å². The van der Waals surface area contributed by atoms with Gasteiger partial charge in [-0.3, -0.25) is 9.69 Å². The largest absolute Gasteiger partial charge is 0.370 e. The number of carbonyl (C=O) groups is 1. The fourth-order valence-electron chi connectivity index (χ4n) is 3.46. The van der Waals surface area contributed by atoms with Crippen LogP contribution in [0.4, 0.5) is 5.82 Å². The second-order valence-corrected chi connectivity index (χ2v) is 6.39. The lowest BCUT2D eigenvalue weighted by atomic mass is 9.72. The van der Waals surface area contributed by atoms with Crippen molar-refractivity contribution in [1.82, 2.24) is 14.8 Å². The van der Waals surface area contributed by atoms with Crippen molar-refractivity contribution in [2.45, 2.75) is 20.4 Å². The Labute approximate surface area is 130 Å². The van der Waals surface area contributed by atoms with E-state index in [0.717, 1.165) is 50.6 Å². The van der Waals surface area contributed by atoms with E-state index in [0.29, 0.717) is 11.0 Å². The minimum absolute atomic E-state index is 0.171. The molecule has 2 aliphatic rings. The normalized spacial score (nSPS) is 19.2. The van der Waals surface area contributed by atoms with Crippen LogP contribution in [0.25, 0.3) is 0 Å². The van der Waals surface area contributed by atoms with Gasteiger partial charge in [0, 0.05) is 63.4 Å². The molecule has 116 valence electrons. The highest BCUT2D eigenvalue weighted by molar-refractivity contribution is 5.74. The Bertz CT molecular complexity index is 622. The number of aromatic nitrogens is 1. The van der Waals surface area contributed by atoms with Crippen molar-refractivity contribution in [2.24, 2.45) is 5.41 Å². The molecule has 0 bridgehead atoms. The quantitative estimate of drug-likeness (QED) is 0.899. The summed E-state index contributed by atoms with van der Waals surface area (Å²) in [5.74, 6) is 1.03. The SMILES string of the molecule is CCNc1ncc(C#N)cc1CN1CC2(C1)CN(C(C)=O)C2. The molecule has 3 rings (SSSR count). The summed E-state index contributed by atoms with van der Waals surface area (Å²) in [7, 11) is 0. The van der Waals surface area contributed by atoms with Crippen LogP contribution < -0.4 is 5.32 Å². The maximum Gasteiger partial charge on any atom is 0.219 e. The van der Waals surface area contributed by atoms with Gasteiger partial charge in [-0.05, 0) is 13.0 Å². The van der Waals surface area contributed by atoms with Gasteiger partial charge in [-0.25, -0.2) is 4.98 Å². The van der Waals surface area contributed by atoms with E-state index < -0.39 is 0 Å². The first-order valence-electron chi connectivity index (χ1n) is 7.66. The van der Waals surface area contributed by atoms with Gasteiger partial charge in [-0.15, -0.1) is 0 Å². The Morgan fingerprint density at radius 3 is 2.77 bits per heavy atom. The maximum atomic E-state index is 11.3. The minimum Gasteiger partial charge on any atom is -0.370 e. The van der Waals surface area contributed by atoms with Crippen LogP contribution >= 0.6 is 0 Å². The van der Waals surface area contributed by atoms with Crippen LogP contribution in [0.5, 0.6) is 0 Å². The molecule has 22 heavy (non-hydrogen) atoms. The van der Waals surface area contributed by atoms with E-state index in [9.17, 15) is 4.79 Å². The first-order chi connectivity index (χ1) is 10.5. The third-order valence-electron chi connectivity index (χ3n) is 4.45. The van der Waals surface area contributed by atoms with Crippen molar-refractivity contribution in [3.05, 3.63) is 23.4 Å². The Kier molecular flexibility index (Phi) is 3.75. The predicted molar refractivity (Wildman–Crippen MR) is 83.1 cm³/mol. The van der Waals surface area contributed by atoms with E-state index in [4.69, 9.17) is 5.26 Å². The van der Waals surface area contributed by atoms with Crippen LogP contribution in [-0.4, -0.2) is 53.4 Å². The van der Waals surface area contributed by atoms with Gasteiger partial charge in [0.1, 0.15) is 11.9 Å². The molecule has 2 aliphatic heterocycles. The van der Waals surface area contributed by atoms with Gasteiger partial charge in [0.05, 0.1) is 5.56 Å². The minimum atomic E-state index is 0.171. The number of anilines is 1. The second kappa shape index (κ2) is 5.58. The zero-order chi connectivity index (χ0) is 15.7. The number of nitriles is 1. The maximum absolute atomic E-state index is 11.3. The number of hydrogen-bond donors (Lipinski definition) is 1. The highest BCUT2D eigenvalue weighted by Crippen LogP contribution is 2.40. The molecule has 6 heteroatoms. The molecular formula is C16H21N5O. The molecule has 0 saturated carbocycles. The molecule has 2 fully saturated rings. The first kappa shape index (κ1) is 14.8. The van der Waals surface area contributed by atoms with Gasteiger partial charge in [0.15, 0.2) is 0 Å². The van der Waals surface area contributed by atoms with Crippen molar-refractivity contribution in [3.8, 4) is 6.07 Å². The standard InChI is InChI=1S/C16H21N5O/c1-3-18-15-14(4-13(5-17)6-19-15)7-20-8-16(9-20)10-21(11-16)12(2)22/h4,6H,3,7-11H2,1-2H3,(H,18,19). The third-order valence-corrected chi connectivity index (χ3v) is 4.45. The van der Waals surface area contributed by atoms with Gasteiger partial charge in [0.2, 0.25) is 5.91 Å². The number of rotatable bonds is 4.